The maximum atomic E-state index is 4.22. The average molecular weight is 222 g/mol. The van der Waals surface area contributed by atoms with Gasteiger partial charge in [0.25, 0.3) is 0 Å². The highest BCUT2D eigenvalue weighted by Gasteiger charge is 2.14. The summed E-state index contributed by atoms with van der Waals surface area (Å²) < 4.78 is 0. The summed E-state index contributed by atoms with van der Waals surface area (Å²) in [4.78, 5) is 4.22. The molecule has 0 bridgehead atoms. The molecule has 3 heteroatoms. The lowest BCUT2D eigenvalue weighted by atomic mass is 10.3. The first kappa shape index (κ1) is 10.8. The Labute approximate surface area is 95.9 Å². The molecule has 1 aliphatic carbocycles. The van der Waals surface area contributed by atoms with Gasteiger partial charge >= 0.3 is 0 Å². The first-order chi connectivity index (χ1) is 7.38. The minimum absolute atomic E-state index is 0.899. The fourth-order valence-electron chi connectivity index (χ4n) is 1.97. The minimum Gasteiger partial charge on any atom is -0.373 e. The third kappa shape index (κ3) is 3.13. The Morgan fingerprint density at radius 3 is 3.00 bits per heavy atom. The molecule has 0 unspecified atom stereocenters. The molecular formula is C12H18N2S. The lowest BCUT2D eigenvalue weighted by molar-refractivity contribution is 0.886. The van der Waals surface area contributed by atoms with Gasteiger partial charge in [-0.15, -0.1) is 0 Å². The first-order valence-electron chi connectivity index (χ1n) is 5.63. The van der Waals surface area contributed by atoms with Crippen molar-refractivity contribution in [2.45, 2.75) is 36.7 Å². The first-order valence-corrected chi connectivity index (χ1v) is 6.67. The van der Waals surface area contributed by atoms with Crippen LogP contribution in [0.1, 0.15) is 31.2 Å². The highest BCUT2D eigenvalue weighted by molar-refractivity contribution is 7.99. The lowest BCUT2D eigenvalue weighted by Crippen LogP contribution is -1.96. The Kier molecular flexibility index (Phi) is 3.89. The molecule has 82 valence electrons. The number of nitrogens with zero attached hydrogens (tertiary/aromatic N) is 1. The molecule has 1 aromatic heterocycles. The van der Waals surface area contributed by atoms with Gasteiger partial charge in [-0.2, -0.15) is 11.8 Å². The van der Waals surface area contributed by atoms with Crippen LogP contribution in [0.5, 0.6) is 0 Å². The Bertz CT molecular complexity index is 308. The maximum absolute atomic E-state index is 4.22. The van der Waals surface area contributed by atoms with Crippen LogP contribution in [-0.2, 0) is 5.75 Å². The molecule has 0 aromatic carbocycles. The summed E-state index contributed by atoms with van der Waals surface area (Å²) in [7, 11) is 1.91. The molecule has 0 spiro atoms. The van der Waals surface area contributed by atoms with Gasteiger partial charge in [0.1, 0.15) is 5.82 Å². The Morgan fingerprint density at radius 1 is 1.47 bits per heavy atom. The lowest BCUT2D eigenvalue weighted by Gasteiger charge is -2.09. The van der Waals surface area contributed by atoms with Crippen molar-refractivity contribution in [1.29, 1.82) is 0 Å². The number of hydrogen-bond acceptors (Lipinski definition) is 3. The van der Waals surface area contributed by atoms with E-state index < -0.39 is 0 Å². The summed E-state index contributed by atoms with van der Waals surface area (Å²) in [5.41, 5.74) is 1.38. The summed E-state index contributed by atoms with van der Waals surface area (Å²) in [5.74, 6) is 2.10. The largest absolute Gasteiger partial charge is 0.373 e. The van der Waals surface area contributed by atoms with Crippen LogP contribution in [0.2, 0.25) is 0 Å². The molecule has 2 rings (SSSR count). The highest BCUT2D eigenvalue weighted by Crippen LogP contribution is 2.31. The van der Waals surface area contributed by atoms with Crippen LogP contribution in [0, 0.1) is 0 Å². The van der Waals surface area contributed by atoms with Crippen molar-refractivity contribution in [2.75, 3.05) is 12.4 Å². The van der Waals surface area contributed by atoms with Crippen LogP contribution in [0.25, 0.3) is 0 Å². The quantitative estimate of drug-likeness (QED) is 0.846. The molecule has 0 atom stereocenters. The SMILES string of the molecule is CNc1cc(CSC2CCCC2)ccn1. The van der Waals surface area contributed by atoms with E-state index in [1.54, 1.807) is 0 Å². The van der Waals surface area contributed by atoms with Crippen LogP contribution >= 0.6 is 11.8 Å². The van der Waals surface area contributed by atoms with Crippen molar-refractivity contribution >= 4 is 17.6 Å². The number of rotatable bonds is 4. The number of anilines is 1. The maximum Gasteiger partial charge on any atom is 0.125 e. The van der Waals surface area contributed by atoms with E-state index in [4.69, 9.17) is 0 Å². The Balaban J connectivity index is 1.86. The molecule has 0 amide bonds. The van der Waals surface area contributed by atoms with Gasteiger partial charge in [0.15, 0.2) is 0 Å². The fraction of sp³-hybridized carbons (Fsp3) is 0.583. The summed E-state index contributed by atoms with van der Waals surface area (Å²) in [6.07, 6.45) is 7.56. The van der Waals surface area contributed by atoms with E-state index in [2.05, 4.69) is 34.2 Å². The second-order valence-corrected chi connectivity index (χ2v) is 5.31. The number of nitrogens with one attached hydrogen (secondary N) is 1. The zero-order chi connectivity index (χ0) is 10.5. The van der Waals surface area contributed by atoms with Gasteiger partial charge in [-0.25, -0.2) is 4.98 Å². The molecule has 1 heterocycles. The molecular weight excluding hydrogens is 204 g/mol. The van der Waals surface area contributed by atoms with E-state index in [0.717, 1.165) is 16.8 Å². The third-order valence-corrected chi connectivity index (χ3v) is 4.31. The van der Waals surface area contributed by atoms with Crippen molar-refractivity contribution in [1.82, 2.24) is 4.98 Å². The number of thioether (sulfide) groups is 1. The zero-order valence-electron chi connectivity index (χ0n) is 9.20. The van der Waals surface area contributed by atoms with E-state index in [9.17, 15) is 0 Å². The van der Waals surface area contributed by atoms with Crippen LogP contribution in [0.3, 0.4) is 0 Å². The van der Waals surface area contributed by atoms with Gasteiger partial charge in [-0.05, 0) is 30.5 Å². The summed E-state index contributed by atoms with van der Waals surface area (Å²) >= 11 is 2.10. The Hall–Kier alpha value is -0.700. The average Bonchev–Trinajstić information content (AvgIpc) is 2.79. The van der Waals surface area contributed by atoms with Crippen molar-refractivity contribution in [3.63, 3.8) is 0 Å². The predicted octanol–water partition coefficient (Wildman–Crippen LogP) is 3.30. The van der Waals surface area contributed by atoms with Crippen LogP contribution < -0.4 is 5.32 Å². The normalized spacial score (nSPS) is 16.9. The van der Waals surface area contributed by atoms with Crippen LogP contribution in [0.4, 0.5) is 5.82 Å². The monoisotopic (exact) mass is 222 g/mol. The molecule has 0 saturated heterocycles. The second-order valence-electron chi connectivity index (χ2n) is 4.02. The molecule has 1 N–H and O–H groups in total. The summed E-state index contributed by atoms with van der Waals surface area (Å²) in [6, 6.07) is 4.25. The molecule has 0 aliphatic heterocycles. The second kappa shape index (κ2) is 5.40. The zero-order valence-corrected chi connectivity index (χ0v) is 10.0. The third-order valence-electron chi connectivity index (χ3n) is 2.87. The summed E-state index contributed by atoms with van der Waals surface area (Å²) in [5, 5.41) is 3.97. The van der Waals surface area contributed by atoms with Gasteiger partial charge in [-0.1, -0.05) is 12.8 Å². The summed E-state index contributed by atoms with van der Waals surface area (Å²) in [6.45, 7) is 0. The predicted molar refractivity (Wildman–Crippen MR) is 67.3 cm³/mol. The topological polar surface area (TPSA) is 24.9 Å². The molecule has 1 saturated carbocycles. The van der Waals surface area contributed by atoms with Crippen LogP contribution in [0.15, 0.2) is 18.3 Å². The molecule has 15 heavy (non-hydrogen) atoms. The Morgan fingerprint density at radius 2 is 2.27 bits per heavy atom. The van der Waals surface area contributed by atoms with Crippen molar-refractivity contribution < 1.29 is 0 Å². The number of pyridine rings is 1. The van der Waals surface area contributed by atoms with E-state index in [1.165, 1.54) is 31.2 Å². The molecule has 0 radical (unpaired) electrons. The highest BCUT2D eigenvalue weighted by atomic mass is 32.2. The van der Waals surface area contributed by atoms with Crippen molar-refractivity contribution in [3.05, 3.63) is 23.9 Å². The minimum atomic E-state index is 0.899. The molecule has 2 nitrogen and oxygen atoms in total. The van der Waals surface area contributed by atoms with Gasteiger partial charge in [-0.3, -0.25) is 0 Å². The molecule has 1 aliphatic rings. The van der Waals surface area contributed by atoms with E-state index in [-0.39, 0.29) is 0 Å². The van der Waals surface area contributed by atoms with E-state index in [0.29, 0.717) is 0 Å². The van der Waals surface area contributed by atoms with Gasteiger partial charge < -0.3 is 5.32 Å². The van der Waals surface area contributed by atoms with Gasteiger partial charge in [0.05, 0.1) is 0 Å². The van der Waals surface area contributed by atoms with E-state index in [1.807, 2.05) is 13.2 Å². The number of hydrogen-bond donors (Lipinski definition) is 1. The molecule has 1 fully saturated rings. The van der Waals surface area contributed by atoms with Gasteiger partial charge in [0, 0.05) is 24.2 Å². The van der Waals surface area contributed by atoms with E-state index >= 15 is 0 Å². The standard InChI is InChI=1S/C12H18N2S/c1-13-12-8-10(6-7-14-12)9-15-11-4-2-3-5-11/h6-8,11H,2-5,9H2,1H3,(H,13,14). The van der Waals surface area contributed by atoms with Gasteiger partial charge in [0.2, 0.25) is 0 Å². The van der Waals surface area contributed by atoms with Crippen molar-refractivity contribution in [2.24, 2.45) is 0 Å². The number of aromatic nitrogens is 1. The smallest absolute Gasteiger partial charge is 0.125 e. The molecule has 1 aromatic rings. The van der Waals surface area contributed by atoms with Crippen molar-refractivity contribution in [3.8, 4) is 0 Å². The van der Waals surface area contributed by atoms with Crippen LogP contribution in [-0.4, -0.2) is 17.3 Å². The fourth-order valence-corrected chi connectivity index (χ4v) is 3.24.